The third kappa shape index (κ3) is 8.99. The van der Waals surface area contributed by atoms with Crippen molar-refractivity contribution in [3.8, 4) is 5.75 Å². The van der Waals surface area contributed by atoms with Crippen molar-refractivity contribution in [2.75, 3.05) is 79.4 Å². The van der Waals surface area contributed by atoms with Crippen LogP contribution in [0.2, 0.25) is 0 Å². The van der Waals surface area contributed by atoms with Gasteiger partial charge < -0.3 is 25.0 Å². The lowest BCUT2D eigenvalue weighted by atomic mass is 10.1. The quantitative estimate of drug-likeness (QED) is 0.515. The molecule has 0 atom stereocenters. The van der Waals surface area contributed by atoms with Crippen molar-refractivity contribution >= 4 is 33.5 Å². The lowest BCUT2D eigenvalue weighted by molar-refractivity contribution is 0.0397. The van der Waals surface area contributed by atoms with E-state index in [0.29, 0.717) is 17.2 Å². The Labute approximate surface area is 215 Å². The average Bonchev–Trinajstić information content (AvgIpc) is 3.12. The van der Waals surface area contributed by atoms with E-state index < -0.39 is 0 Å². The van der Waals surface area contributed by atoms with Gasteiger partial charge in [-0.25, -0.2) is 4.98 Å². The van der Waals surface area contributed by atoms with Crippen LogP contribution >= 0.6 is 11.3 Å². The number of carbonyl (C=O) groups is 1. The molecule has 0 radical (unpaired) electrons. The number of rotatable bonds is 9. The van der Waals surface area contributed by atoms with E-state index in [1.807, 2.05) is 34.6 Å². The second-order valence-corrected chi connectivity index (χ2v) is 11.4. The molecule has 9 heteroatoms. The molecule has 0 spiro atoms. The van der Waals surface area contributed by atoms with E-state index in [1.165, 1.54) is 24.3 Å². The Balaban J connectivity index is 0.000000641. The summed E-state index contributed by atoms with van der Waals surface area (Å²) in [5.74, 6) is 0.793. The van der Waals surface area contributed by atoms with Gasteiger partial charge in [0.25, 0.3) is 0 Å². The molecular weight excluding hydrogens is 462 g/mol. The summed E-state index contributed by atoms with van der Waals surface area (Å²) in [6.45, 7) is 18.3. The summed E-state index contributed by atoms with van der Waals surface area (Å²) in [6.07, 6.45) is 2.03. The topological polar surface area (TPSA) is 84.2 Å². The van der Waals surface area contributed by atoms with Crippen LogP contribution in [0.1, 0.15) is 48.1 Å². The molecule has 2 aromatic rings. The predicted molar refractivity (Wildman–Crippen MR) is 147 cm³/mol. The Morgan fingerprint density at radius 2 is 1.69 bits per heavy atom. The van der Waals surface area contributed by atoms with Crippen LogP contribution in [0.25, 0.3) is 10.2 Å². The van der Waals surface area contributed by atoms with Gasteiger partial charge in [-0.05, 0) is 68.2 Å². The molecule has 0 amide bonds. The number of piperazine rings is 1. The molecule has 0 saturated carbocycles. The molecule has 1 fully saturated rings. The van der Waals surface area contributed by atoms with E-state index in [2.05, 4.69) is 33.8 Å². The number of anilines is 1. The van der Waals surface area contributed by atoms with Crippen LogP contribution in [-0.4, -0.2) is 105 Å². The number of aromatic nitrogens is 1. The van der Waals surface area contributed by atoms with Gasteiger partial charge in [0.2, 0.25) is 0 Å². The highest BCUT2D eigenvalue weighted by Gasteiger charge is 2.19. The van der Waals surface area contributed by atoms with Gasteiger partial charge in [-0.1, -0.05) is 0 Å². The zero-order valence-corrected chi connectivity index (χ0v) is 23.8. The van der Waals surface area contributed by atoms with Crippen molar-refractivity contribution in [3.63, 3.8) is 0 Å². The molecular formula is C26H45N5O3S. The van der Waals surface area contributed by atoms with Gasteiger partial charge in [-0.15, -0.1) is 11.3 Å². The summed E-state index contributed by atoms with van der Waals surface area (Å²) in [5.41, 5.74) is 8.52. The summed E-state index contributed by atoms with van der Waals surface area (Å²) < 4.78 is 11.1. The number of thiophene rings is 1. The molecule has 2 aromatic heterocycles. The number of nitrogens with zero attached hydrogens (tertiary/aromatic N) is 4. The zero-order chi connectivity index (χ0) is 26.2. The van der Waals surface area contributed by atoms with E-state index in [0.717, 1.165) is 72.8 Å². The SMILES string of the molecule is COC(C)(C)C.Cc1nc2sc(C=O)c(N)c2c(C)c1OCCN1CCN(CCCN(C)C)CC1. The first-order chi connectivity index (χ1) is 16.5. The maximum atomic E-state index is 11.2. The van der Waals surface area contributed by atoms with Crippen LogP contribution in [0.3, 0.4) is 0 Å². The van der Waals surface area contributed by atoms with Gasteiger partial charge >= 0.3 is 0 Å². The fraction of sp³-hybridized carbons (Fsp3) is 0.692. The monoisotopic (exact) mass is 507 g/mol. The van der Waals surface area contributed by atoms with Gasteiger partial charge in [-0.3, -0.25) is 9.69 Å². The van der Waals surface area contributed by atoms with E-state index in [-0.39, 0.29) is 5.60 Å². The van der Waals surface area contributed by atoms with Gasteiger partial charge in [0.05, 0.1) is 21.9 Å². The lowest BCUT2D eigenvalue weighted by Gasteiger charge is -2.34. The molecule has 0 unspecified atom stereocenters. The standard InChI is InChI=1S/C21H33N5O2S.C5H12O/c1-15-18-19(22)17(14-27)29-21(18)23-16(2)20(15)28-13-12-26-10-8-25(9-11-26)7-5-6-24(3)4;1-5(2,3)6-4/h14H,5-13,22H2,1-4H3;1-4H3. The largest absolute Gasteiger partial charge is 0.490 e. The van der Waals surface area contributed by atoms with Crippen LogP contribution in [-0.2, 0) is 4.74 Å². The minimum atomic E-state index is 0.0417. The van der Waals surface area contributed by atoms with Gasteiger partial charge in [0.15, 0.2) is 6.29 Å². The summed E-state index contributed by atoms with van der Waals surface area (Å²) in [5, 5.41) is 0.851. The summed E-state index contributed by atoms with van der Waals surface area (Å²) in [7, 11) is 5.96. The van der Waals surface area contributed by atoms with Crippen molar-refractivity contribution in [3.05, 3.63) is 16.1 Å². The third-order valence-electron chi connectivity index (χ3n) is 6.19. The van der Waals surface area contributed by atoms with Crippen molar-refractivity contribution in [2.45, 2.75) is 46.6 Å². The molecule has 0 bridgehead atoms. The number of carbonyl (C=O) groups excluding carboxylic acids is 1. The van der Waals surface area contributed by atoms with E-state index in [1.54, 1.807) is 7.11 Å². The Hall–Kier alpha value is -1.78. The summed E-state index contributed by atoms with van der Waals surface area (Å²) in [4.78, 5) is 24.4. The van der Waals surface area contributed by atoms with Crippen LogP contribution in [0.4, 0.5) is 5.69 Å². The maximum absolute atomic E-state index is 11.2. The normalized spacial score (nSPS) is 15.3. The van der Waals surface area contributed by atoms with Crippen molar-refractivity contribution in [1.82, 2.24) is 19.7 Å². The molecule has 35 heavy (non-hydrogen) atoms. The number of nitrogens with two attached hydrogens (primary N) is 1. The Morgan fingerprint density at radius 1 is 1.11 bits per heavy atom. The number of ether oxygens (including phenoxy) is 2. The highest BCUT2D eigenvalue weighted by Crippen LogP contribution is 2.38. The minimum Gasteiger partial charge on any atom is -0.490 e. The smallest absolute Gasteiger partial charge is 0.162 e. The van der Waals surface area contributed by atoms with Gasteiger partial charge in [0.1, 0.15) is 17.2 Å². The van der Waals surface area contributed by atoms with Gasteiger partial charge in [-0.2, -0.15) is 0 Å². The number of hydrogen-bond acceptors (Lipinski definition) is 9. The lowest BCUT2D eigenvalue weighted by Crippen LogP contribution is -2.47. The maximum Gasteiger partial charge on any atom is 0.162 e. The number of pyridine rings is 1. The first kappa shape index (κ1) is 29.5. The second kappa shape index (κ2) is 13.5. The number of aldehydes is 1. The molecule has 1 saturated heterocycles. The molecule has 1 aliphatic heterocycles. The zero-order valence-electron chi connectivity index (χ0n) is 22.9. The van der Waals surface area contributed by atoms with Crippen LogP contribution < -0.4 is 10.5 Å². The second-order valence-electron chi connectivity index (χ2n) is 10.3. The van der Waals surface area contributed by atoms with E-state index in [9.17, 15) is 4.79 Å². The van der Waals surface area contributed by atoms with Crippen LogP contribution in [0, 0.1) is 13.8 Å². The molecule has 0 aromatic carbocycles. The van der Waals surface area contributed by atoms with Crippen LogP contribution in [0.5, 0.6) is 5.75 Å². The molecule has 198 valence electrons. The fourth-order valence-electron chi connectivity index (χ4n) is 3.90. The first-order valence-electron chi connectivity index (χ1n) is 12.4. The Kier molecular flexibility index (Phi) is 11.4. The van der Waals surface area contributed by atoms with E-state index in [4.69, 9.17) is 15.2 Å². The predicted octanol–water partition coefficient (Wildman–Crippen LogP) is 3.69. The summed E-state index contributed by atoms with van der Waals surface area (Å²) >= 11 is 1.34. The van der Waals surface area contributed by atoms with Gasteiger partial charge in [0, 0.05) is 50.8 Å². The van der Waals surface area contributed by atoms with Crippen molar-refractivity contribution < 1.29 is 14.3 Å². The molecule has 1 aliphatic rings. The Morgan fingerprint density at radius 3 is 2.20 bits per heavy atom. The summed E-state index contributed by atoms with van der Waals surface area (Å²) in [6, 6.07) is 0. The third-order valence-corrected chi connectivity index (χ3v) is 7.21. The number of fused-ring (bicyclic) bond motifs is 1. The molecule has 0 aliphatic carbocycles. The molecule has 8 nitrogen and oxygen atoms in total. The highest BCUT2D eigenvalue weighted by molar-refractivity contribution is 7.20. The molecule has 3 heterocycles. The highest BCUT2D eigenvalue weighted by atomic mass is 32.1. The molecule has 2 N–H and O–H groups in total. The van der Waals surface area contributed by atoms with E-state index >= 15 is 0 Å². The number of aryl methyl sites for hydroxylation is 2. The average molecular weight is 508 g/mol. The number of hydrogen-bond donors (Lipinski definition) is 1. The minimum absolute atomic E-state index is 0.0417. The number of methoxy groups -OCH3 is 1. The van der Waals surface area contributed by atoms with Crippen molar-refractivity contribution in [1.29, 1.82) is 0 Å². The van der Waals surface area contributed by atoms with Crippen molar-refractivity contribution in [2.24, 2.45) is 0 Å². The fourth-order valence-corrected chi connectivity index (χ4v) is 4.92. The first-order valence-corrected chi connectivity index (χ1v) is 13.2. The Bertz CT molecular complexity index is 947. The van der Waals surface area contributed by atoms with Crippen LogP contribution in [0.15, 0.2) is 0 Å². The number of nitrogen functional groups attached to an aromatic ring is 1. The molecule has 3 rings (SSSR count).